The minimum absolute atomic E-state index is 0.141. The molecule has 0 aliphatic heterocycles. The average molecular weight is 259 g/mol. The minimum atomic E-state index is -1.09. The lowest BCUT2D eigenvalue weighted by Gasteiger charge is -2.18. The van der Waals surface area contributed by atoms with Crippen LogP contribution in [-0.2, 0) is 9.59 Å². The van der Waals surface area contributed by atoms with Crippen molar-refractivity contribution >= 4 is 17.9 Å². The summed E-state index contributed by atoms with van der Waals surface area (Å²) in [7, 11) is 1.46. The number of urea groups is 1. The first-order valence-corrected chi connectivity index (χ1v) is 5.79. The Bertz CT molecular complexity index is 317. The molecular weight excluding hydrogens is 238 g/mol. The Kier molecular flexibility index (Phi) is 6.77. The Hall–Kier alpha value is -1.79. The van der Waals surface area contributed by atoms with E-state index in [1.807, 2.05) is 13.8 Å². The molecule has 0 spiro atoms. The van der Waals surface area contributed by atoms with E-state index < -0.39 is 24.1 Å². The van der Waals surface area contributed by atoms with E-state index in [2.05, 4.69) is 16.0 Å². The fourth-order valence-electron chi connectivity index (χ4n) is 1.37. The van der Waals surface area contributed by atoms with Gasteiger partial charge in [0.2, 0.25) is 5.91 Å². The second-order valence-electron chi connectivity index (χ2n) is 4.47. The highest BCUT2D eigenvalue weighted by Gasteiger charge is 2.22. The summed E-state index contributed by atoms with van der Waals surface area (Å²) in [6, 6.07) is -2.34. The molecule has 0 radical (unpaired) electrons. The van der Waals surface area contributed by atoms with Crippen LogP contribution in [0, 0.1) is 5.92 Å². The fourth-order valence-corrected chi connectivity index (χ4v) is 1.37. The smallest absolute Gasteiger partial charge is 0.326 e. The van der Waals surface area contributed by atoms with Gasteiger partial charge in [0.15, 0.2) is 0 Å². The second kappa shape index (κ2) is 7.52. The molecule has 0 bridgehead atoms. The SMILES string of the molecule is CNC(=O)C(C)NC(=O)N[C@@H](CC(C)C)C(=O)O. The van der Waals surface area contributed by atoms with Crippen molar-refractivity contribution in [1.82, 2.24) is 16.0 Å². The molecule has 0 rings (SSSR count). The maximum atomic E-state index is 11.5. The van der Waals surface area contributed by atoms with Crippen LogP contribution in [0.4, 0.5) is 4.79 Å². The number of rotatable bonds is 6. The van der Waals surface area contributed by atoms with Gasteiger partial charge in [-0.25, -0.2) is 9.59 Å². The highest BCUT2D eigenvalue weighted by atomic mass is 16.4. The highest BCUT2D eigenvalue weighted by Crippen LogP contribution is 2.04. The summed E-state index contributed by atoms with van der Waals surface area (Å²) in [5, 5.41) is 16.0. The summed E-state index contributed by atoms with van der Waals surface area (Å²) in [6.45, 7) is 5.24. The molecule has 0 aliphatic carbocycles. The normalized spacial score (nSPS) is 13.6. The lowest BCUT2D eigenvalue weighted by molar-refractivity contribution is -0.139. The van der Waals surface area contributed by atoms with Crippen molar-refractivity contribution in [2.24, 2.45) is 5.92 Å². The van der Waals surface area contributed by atoms with Crippen molar-refractivity contribution in [1.29, 1.82) is 0 Å². The number of aliphatic carboxylic acids is 1. The molecule has 7 heteroatoms. The molecule has 0 heterocycles. The van der Waals surface area contributed by atoms with E-state index >= 15 is 0 Å². The van der Waals surface area contributed by atoms with Gasteiger partial charge in [-0.3, -0.25) is 4.79 Å². The third kappa shape index (κ3) is 6.07. The standard InChI is InChI=1S/C11H21N3O4/c1-6(2)5-8(10(16)17)14-11(18)13-7(3)9(15)12-4/h6-8H,5H2,1-4H3,(H,12,15)(H,16,17)(H2,13,14,18)/t7?,8-/m0/s1. The van der Waals surface area contributed by atoms with Gasteiger partial charge in [-0.2, -0.15) is 0 Å². The molecule has 0 saturated carbocycles. The summed E-state index contributed by atoms with van der Waals surface area (Å²) in [5.41, 5.74) is 0. The van der Waals surface area contributed by atoms with Crippen LogP contribution in [0.2, 0.25) is 0 Å². The number of carbonyl (C=O) groups is 3. The van der Waals surface area contributed by atoms with E-state index in [-0.39, 0.29) is 11.8 Å². The van der Waals surface area contributed by atoms with Gasteiger partial charge in [-0.1, -0.05) is 13.8 Å². The maximum Gasteiger partial charge on any atom is 0.326 e. The Morgan fingerprint density at radius 1 is 1.11 bits per heavy atom. The van der Waals surface area contributed by atoms with Crippen molar-refractivity contribution in [2.75, 3.05) is 7.05 Å². The summed E-state index contributed by atoms with van der Waals surface area (Å²) in [4.78, 5) is 33.6. The summed E-state index contributed by atoms with van der Waals surface area (Å²) in [5.74, 6) is -1.30. The molecule has 0 aliphatic rings. The van der Waals surface area contributed by atoms with Crippen molar-refractivity contribution < 1.29 is 19.5 Å². The van der Waals surface area contributed by atoms with E-state index in [0.717, 1.165) is 0 Å². The van der Waals surface area contributed by atoms with Crippen LogP contribution in [0.5, 0.6) is 0 Å². The monoisotopic (exact) mass is 259 g/mol. The van der Waals surface area contributed by atoms with E-state index in [1.54, 1.807) is 0 Å². The maximum absolute atomic E-state index is 11.5. The molecular formula is C11H21N3O4. The fraction of sp³-hybridized carbons (Fsp3) is 0.727. The predicted octanol–water partition coefficient (Wildman–Crippen LogP) is -0.0806. The first-order chi connectivity index (χ1) is 8.27. The Morgan fingerprint density at radius 3 is 2.06 bits per heavy atom. The van der Waals surface area contributed by atoms with E-state index in [9.17, 15) is 14.4 Å². The number of hydrogen-bond donors (Lipinski definition) is 4. The number of carboxylic acids is 1. The largest absolute Gasteiger partial charge is 0.480 e. The average Bonchev–Trinajstić information content (AvgIpc) is 2.25. The minimum Gasteiger partial charge on any atom is -0.480 e. The first kappa shape index (κ1) is 16.2. The van der Waals surface area contributed by atoms with Crippen molar-refractivity contribution in [3.63, 3.8) is 0 Å². The van der Waals surface area contributed by atoms with Gasteiger partial charge in [0.05, 0.1) is 0 Å². The molecule has 2 atom stereocenters. The van der Waals surface area contributed by atoms with Crippen molar-refractivity contribution in [3.8, 4) is 0 Å². The van der Waals surface area contributed by atoms with Crippen LogP contribution >= 0.6 is 0 Å². The second-order valence-corrected chi connectivity index (χ2v) is 4.47. The van der Waals surface area contributed by atoms with Gasteiger partial charge in [0.25, 0.3) is 0 Å². The predicted molar refractivity (Wildman–Crippen MR) is 66.1 cm³/mol. The number of likely N-dealkylation sites (N-methyl/N-ethyl adjacent to an activating group) is 1. The van der Waals surface area contributed by atoms with Gasteiger partial charge >= 0.3 is 12.0 Å². The van der Waals surface area contributed by atoms with E-state index in [1.165, 1.54) is 14.0 Å². The molecule has 4 N–H and O–H groups in total. The Morgan fingerprint density at radius 2 is 1.67 bits per heavy atom. The summed E-state index contributed by atoms with van der Waals surface area (Å²) < 4.78 is 0. The lowest BCUT2D eigenvalue weighted by atomic mass is 10.0. The molecule has 104 valence electrons. The molecule has 0 saturated heterocycles. The molecule has 0 aromatic rings. The first-order valence-electron chi connectivity index (χ1n) is 5.79. The molecule has 18 heavy (non-hydrogen) atoms. The third-order valence-electron chi connectivity index (χ3n) is 2.30. The zero-order valence-electron chi connectivity index (χ0n) is 11.1. The molecule has 7 nitrogen and oxygen atoms in total. The molecule has 0 fully saturated rings. The topological polar surface area (TPSA) is 108 Å². The van der Waals surface area contributed by atoms with Crippen molar-refractivity contribution in [2.45, 2.75) is 39.3 Å². The molecule has 0 aromatic carbocycles. The van der Waals surface area contributed by atoms with E-state index in [4.69, 9.17) is 5.11 Å². The number of hydrogen-bond acceptors (Lipinski definition) is 3. The van der Waals surface area contributed by atoms with Gasteiger partial charge in [-0.15, -0.1) is 0 Å². The number of carboxylic acid groups (broad SMARTS) is 1. The highest BCUT2D eigenvalue weighted by molar-refractivity contribution is 5.88. The van der Waals surface area contributed by atoms with Crippen molar-refractivity contribution in [3.05, 3.63) is 0 Å². The van der Waals surface area contributed by atoms with Gasteiger partial charge in [-0.05, 0) is 19.3 Å². The van der Waals surface area contributed by atoms with Crippen LogP contribution in [0.1, 0.15) is 27.2 Å². The summed E-state index contributed by atoms with van der Waals surface area (Å²) in [6.07, 6.45) is 0.330. The quantitative estimate of drug-likeness (QED) is 0.535. The van der Waals surface area contributed by atoms with Gasteiger partial charge < -0.3 is 21.1 Å². The lowest BCUT2D eigenvalue weighted by Crippen LogP contribution is -2.52. The van der Waals surface area contributed by atoms with Crippen LogP contribution in [0.15, 0.2) is 0 Å². The number of carbonyl (C=O) groups excluding carboxylic acids is 2. The Labute approximate surface area is 106 Å². The van der Waals surface area contributed by atoms with Crippen LogP contribution in [0.3, 0.4) is 0 Å². The van der Waals surface area contributed by atoms with Gasteiger partial charge in [0.1, 0.15) is 12.1 Å². The molecule has 1 unspecified atom stereocenters. The van der Waals surface area contributed by atoms with Gasteiger partial charge in [0, 0.05) is 7.05 Å². The van der Waals surface area contributed by atoms with Crippen LogP contribution in [-0.4, -0.2) is 42.1 Å². The zero-order valence-corrected chi connectivity index (χ0v) is 11.1. The summed E-state index contributed by atoms with van der Waals surface area (Å²) >= 11 is 0. The number of nitrogens with one attached hydrogen (secondary N) is 3. The molecule has 0 aromatic heterocycles. The van der Waals surface area contributed by atoms with E-state index in [0.29, 0.717) is 6.42 Å². The zero-order chi connectivity index (χ0) is 14.3. The van der Waals surface area contributed by atoms with Crippen LogP contribution < -0.4 is 16.0 Å². The number of amides is 3. The van der Waals surface area contributed by atoms with Crippen LogP contribution in [0.25, 0.3) is 0 Å². The Balaban J connectivity index is 4.34. The third-order valence-corrected chi connectivity index (χ3v) is 2.30. The molecule has 3 amide bonds.